The third kappa shape index (κ3) is 8.84. The number of nitro benzene ring substituents is 1. The SMILES string of the molecule is CC(C)CN(C[C@@H](O)[C@H](Cc1ccccc1)NC(=O)[C@@H]1CN(c2cccc(C(F)(F)F)c2)C(=O)O1)S(=O)(=O)c1ccc([N+](=O)[O-])cc1. The highest BCUT2D eigenvalue weighted by Crippen LogP contribution is 2.33. The van der Waals surface area contributed by atoms with Crippen molar-refractivity contribution in [1.82, 2.24) is 9.62 Å². The van der Waals surface area contributed by atoms with Crippen molar-refractivity contribution in [1.29, 1.82) is 0 Å². The summed E-state index contributed by atoms with van der Waals surface area (Å²) in [7, 11) is -4.26. The van der Waals surface area contributed by atoms with E-state index in [4.69, 9.17) is 4.74 Å². The highest BCUT2D eigenvalue weighted by molar-refractivity contribution is 7.89. The Morgan fingerprint density at radius 3 is 2.34 bits per heavy atom. The van der Waals surface area contributed by atoms with E-state index in [1.165, 1.54) is 6.07 Å². The largest absolute Gasteiger partial charge is 0.434 e. The predicted octanol–water partition coefficient (Wildman–Crippen LogP) is 4.37. The number of halogens is 3. The first-order chi connectivity index (χ1) is 22.1. The lowest BCUT2D eigenvalue weighted by molar-refractivity contribution is -0.384. The fourth-order valence-corrected chi connectivity index (χ4v) is 6.61. The zero-order valence-electron chi connectivity index (χ0n) is 25.3. The quantitative estimate of drug-likeness (QED) is 0.199. The van der Waals surface area contributed by atoms with Crippen LogP contribution in [0.2, 0.25) is 0 Å². The maximum absolute atomic E-state index is 13.6. The average molecular weight is 679 g/mol. The smallest absolute Gasteiger partial charge is 0.416 e. The molecular weight excluding hydrogens is 645 g/mol. The minimum atomic E-state index is -4.66. The van der Waals surface area contributed by atoms with Crippen LogP contribution in [0.15, 0.2) is 83.8 Å². The van der Waals surface area contributed by atoms with Crippen molar-refractivity contribution in [2.24, 2.45) is 5.92 Å². The van der Waals surface area contributed by atoms with Gasteiger partial charge in [0.05, 0.1) is 34.1 Å². The molecule has 2 amide bonds. The van der Waals surface area contributed by atoms with Gasteiger partial charge in [-0.1, -0.05) is 50.2 Å². The molecule has 47 heavy (non-hydrogen) atoms. The summed E-state index contributed by atoms with van der Waals surface area (Å²) < 4.78 is 73.2. The van der Waals surface area contributed by atoms with Crippen LogP contribution in [-0.2, 0) is 32.2 Å². The molecule has 252 valence electrons. The number of carbonyl (C=O) groups excluding carboxylic acids is 2. The second-order valence-corrected chi connectivity index (χ2v) is 13.3. The van der Waals surface area contributed by atoms with Gasteiger partial charge in [0.25, 0.3) is 11.6 Å². The lowest BCUT2D eigenvalue weighted by atomic mass is 10.0. The number of amides is 2. The Bertz CT molecular complexity index is 1690. The predicted molar refractivity (Wildman–Crippen MR) is 164 cm³/mol. The van der Waals surface area contributed by atoms with Gasteiger partial charge in [-0.05, 0) is 48.2 Å². The number of nitro groups is 1. The Morgan fingerprint density at radius 2 is 1.74 bits per heavy atom. The molecule has 1 heterocycles. The van der Waals surface area contributed by atoms with Crippen LogP contribution in [-0.4, -0.2) is 72.6 Å². The lowest BCUT2D eigenvalue weighted by Crippen LogP contribution is -2.53. The van der Waals surface area contributed by atoms with Crippen molar-refractivity contribution in [2.45, 2.75) is 49.6 Å². The summed E-state index contributed by atoms with van der Waals surface area (Å²) in [5.74, 6) is -1.04. The van der Waals surface area contributed by atoms with E-state index in [1.807, 2.05) is 0 Å². The van der Waals surface area contributed by atoms with Crippen molar-refractivity contribution in [3.05, 3.63) is 100 Å². The molecule has 0 spiro atoms. The molecule has 12 nitrogen and oxygen atoms in total. The van der Waals surface area contributed by atoms with Gasteiger partial charge in [0.2, 0.25) is 10.0 Å². The number of non-ortho nitro benzene ring substituents is 1. The number of nitrogens with zero attached hydrogens (tertiary/aromatic N) is 3. The summed E-state index contributed by atoms with van der Waals surface area (Å²) in [6.07, 6.45) is -8.60. The van der Waals surface area contributed by atoms with E-state index in [2.05, 4.69) is 5.32 Å². The molecule has 0 saturated carbocycles. The van der Waals surface area contributed by atoms with E-state index in [0.717, 1.165) is 51.7 Å². The minimum Gasteiger partial charge on any atom is -0.434 e. The van der Waals surface area contributed by atoms with E-state index < -0.39 is 70.0 Å². The first kappa shape index (κ1) is 35.3. The van der Waals surface area contributed by atoms with Crippen LogP contribution in [0.5, 0.6) is 0 Å². The average Bonchev–Trinajstić information content (AvgIpc) is 3.42. The van der Waals surface area contributed by atoms with E-state index in [9.17, 15) is 46.4 Å². The first-order valence-electron chi connectivity index (χ1n) is 14.5. The molecule has 1 aliphatic rings. The van der Waals surface area contributed by atoms with E-state index in [1.54, 1.807) is 44.2 Å². The topological polar surface area (TPSA) is 159 Å². The van der Waals surface area contributed by atoms with Gasteiger partial charge >= 0.3 is 12.3 Å². The van der Waals surface area contributed by atoms with Crippen LogP contribution in [0.25, 0.3) is 0 Å². The maximum atomic E-state index is 13.6. The van der Waals surface area contributed by atoms with Crippen LogP contribution < -0.4 is 10.2 Å². The molecule has 0 bridgehead atoms. The van der Waals surface area contributed by atoms with Crippen LogP contribution in [0.3, 0.4) is 0 Å². The molecule has 16 heteroatoms. The van der Waals surface area contributed by atoms with E-state index >= 15 is 0 Å². The second-order valence-electron chi connectivity index (χ2n) is 11.4. The third-order valence-electron chi connectivity index (χ3n) is 7.32. The molecule has 1 aliphatic heterocycles. The van der Waals surface area contributed by atoms with Gasteiger partial charge in [0.1, 0.15) is 0 Å². The number of carbonyl (C=O) groups is 2. The Hall–Kier alpha value is -4.54. The van der Waals surface area contributed by atoms with Gasteiger partial charge in [0, 0.05) is 30.9 Å². The van der Waals surface area contributed by atoms with Gasteiger partial charge in [-0.3, -0.25) is 19.8 Å². The van der Waals surface area contributed by atoms with Gasteiger partial charge in [-0.25, -0.2) is 13.2 Å². The monoisotopic (exact) mass is 678 g/mol. The van der Waals surface area contributed by atoms with Gasteiger partial charge in [-0.2, -0.15) is 17.5 Å². The molecule has 0 aromatic heterocycles. The Balaban J connectivity index is 1.56. The Kier molecular flexibility index (Phi) is 10.9. The number of hydrogen-bond acceptors (Lipinski definition) is 8. The van der Waals surface area contributed by atoms with Crippen LogP contribution in [0.4, 0.5) is 29.3 Å². The molecule has 4 rings (SSSR count). The number of aliphatic hydroxyl groups is 1. The minimum absolute atomic E-state index is 0.0332. The summed E-state index contributed by atoms with van der Waals surface area (Å²) in [5, 5.41) is 25.1. The highest BCUT2D eigenvalue weighted by atomic mass is 32.2. The molecule has 1 fully saturated rings. The highest BCUT2D eigenvalue weighted by Gasteiger charge is 2.40. The zero-order valence-corrected chi connectivity index (χ0v) is 26.1. The number of sulfonamides is 1. The number of ether oxygens (including phenoxy) is 1. The standard InChI is InChI=1S/C31H33F3N4O8S/c1-20(2)17-36(47(44,45)25-13-11-23(12-14-25)38(42)43)18-27(39)26(15-21-7-4-3-5-8-21)35-29(40)28-19-37(30(41)46-28)24-10-6-9-22(16-24)31(32,33)34/h3-14,16,20,26-28,39H,15,17-19H2,1-2H3,(H,35,40)/t26-,27+,28-/m0/s1. The second kappa shape index (κ2) is 14.5. The van der Waals surface area contributed by atoms with E-state index in [0.29, 0.717) is 5.56 Å². The number of rotatable bonds is 13. The summed E-state index contributed by atoms with van der Waals surface area (Å²) in [5.41, 5.74) is -0.734. The van der Waals surface area contributed by atoms with Crippen LogP contribution >= 0.6 is 0 Å². The molecule has 3 aromatic carbocycles. The number of nitrogens with one attached hydrogen (secondary N) is 1. The van der Waals surface area contributed by atoms with Gasteiger partial charge in [0.15, 0.2) is 6.10 Å². The molecule has 2 N–H and O–H groups in total. The molecule has 1 saturated heterocycles. The molecule has 0 radical (unpaired) electrons. The summed E-state index contributed by atoms with van der Waals surface area (Å²) in [6.45, 7) is 2.61. The fourth-order valence-electron chi connectivity index (χ4n) is 4.99. The third-order valence-corrected chi connectivity index (χ3v) is 9.17. The number of aliphatic hydroxyl groups excluding tert-OH is 1. The normalized spacial score (nSPS) is 16.6. The zero-order chi connectivity index (χ0) is 34.5. The summed E-state index contributed by atoms with van der Waals surface area (Å²) in [4.78, 5) is 37.0. The van der Waals surface area contributed by atoms with Crippen molar-refractivity contribution in [3.8, 4) is 0 Å². The van der Waals surface area contributed by atoms with Crippen molar-refractivity contribution >= 4 is 33.4 Å². The van der Waals surface area contributed by atoms with Gasteiger partial charge in [-0.15, -0.1) is 0 Å². The summed E-state index contributed by atoms with van der Waals surface area (Å²) >= 11 is 0. The maximum Gasteiger partial charge on any atom is 0.416 e. The molecule has 3 aromatic rings. The van der Waals surface area contributed by atoms with Crippen LogP contribution in [0.1, 0.15) is 25.0 Å². The number of hydrogen-bond donors (Lipinski definition) is 2. The van der Waals surface area contributed by atoms with Crippen molar-refractivity contribution in [2.75, 3.05) is 24.5 Å². The fraction of sp³-hybridized carbons (Fsp3) is 0.355. The lowest BCUT2D eigenvalue weighted by Gasteiger charge is -2.31. The molecule has 0 aliphatic carbocycles. The Labute approximate surface area is 268 Å². The molecular formula is C31H33F3N4O8S. The number of alkyl halides is 3. The number of anilines is 1. The van der Waals surface area contributed by atoms with Gasteiger partial charge < -0.3 is 15.2 Å². The Morgan fingerprint density at radius 1 is 1.09 bits per heavy atom. The first-order valence-corrected chi connectivity index (χ1v) is 15.9. The number of benzene rings is 3. The van der Waals surface area contributed by atoms with Crippen molar-refractivity contribution < 1.29 is 45.9 Å². The van der Waals surface area contributed by atoms with Crippen molar-refractivity contribution in [3.63, 3.8) is 0 Å². The van der Waals surface area contributed by atoms with E-state index in [-0.39, 0.29) is 35.2 Å². The summed E-state index contributed by atoms with van der Waals surface area (Å²) in [6, 6.07) is 15.9. The number of cyclic esters (lactones) is 1. The molecule has 3 atom stereocenters. The molecule has 0 unspecified atom stereocenters. The van der Waals surface area contributed by atoms with Crippen LogP contribution in [0, 0.1) is 16.0 Å².